The molecule has 3 rings (SSSR count). The molecule has 0 aliphatic carbocycles. The summed E-state index contributed by atoms with van der Waals surface area (Å²) in [5.74, 6) is -0.0709. The normalized spacial score (nSPS) is 11.0. The van der Waals surface area contributed by atoms with Crippen LogP contribution in [-0.4, -0.2) is 15.6 Å². The van der Waals surface area contributed by atoms with Crippen LogP contribution in [0.25, 0.3) is 11.1 Å². The van der Waals surface area contributed by atoms with Gasteiger partial charge in [0.2, 0.25) is 5.91 Å². The second-order valence-electron chi connectivity index (χ2n) is 8.15. The SMILES string of the molecule is Cc1ccc(CC(=O)Nc2cc(-c3cccnc3C#N)ccc2SC(C)(C)C)cc1. The van der Waals surface area contributed by atoms with Gasteiger partial charge in [-0.25, -0.2) is 4.98 Å². The van der Waals surface area contributed by atoms with Gasteiger partial charge in [0.05, 0.1) is 12.1 Å². The minimum absolute atomic E-state index is 0.00985. The van der Waals surface area contributed by atoms with Gasteiger partial charge in [0, 0.05) is 21.4 Å². The van der Waals surface area contributed by atoms with E-state index in [-0.39, 0.29) is 10.7 Å². The van der Waals surface area contributed by atoms with E-state index in [1.165, 1.54) is 5.56 Å². The fourth-order valence-corrected chi connectivity index (χ4v) is 4.04. The average Bonchev–Trinajstić information content (AvgIpc) is 2.70. The molecule has 0 fully saturated rings. The molecule has 0 atom stereocenters. The summed E-state index contributed by atoms with van der Waals surface area (Å²) in [6.07, 6.45) is 1.91. The largest absolute Gasteiger partial charge is 0.325 e. The molecule has 0 unspecified atom stereocenters. The number of anilines is 1. The van der Waals surface area contributed by atoms with Gasteiger partial charge in [-0.3, -0.25) is 4.79 Å². The predicted molar refractivity (Wildman–Crippen MR) is 124 cm³/mol. The number of benzene rings is 2. The molecule has 2 aromatic carbocycles. The molecule has 0 aliphatic heterocycles. The van der Waals surface area contributed by atoms with Gasteiger partial charge in [0.25, 0.3) is 0 Å². The fraction of sp³-hybridized carbons (Fsp3) is 0.240. The molecule has 0 bridgehead atoms. The molecule has 152 valence electrons. The molecule has 0 saturated carbocycles. The molecule has 3 aromatic rings. The van der Waals surface area contributed by atoms with Crippen LogP contribution < -0.4 is 5.32 Å². The molecule has 1 aromatic heterocycles. The van der Waals surface area contributed by atoms with Crippen molar-refractivity contribution < 1.29 is 4.79 Å². The standard InChI is InChI=1S/C25H25N3OS/c1-17-7-9-18(10-8-17)14-24(29)28-21-15-19(11-12-23(21)30-25(2,3)4)20-6-5-13-27-22(20)16-26/h5-13,15H,14H2,1-4H3,(H,28,29). The molecule has 5 heteroatoms. The summed E-state index contributed by atoms with van der Waals surface area (Å²) in [6, 6.07) is 19.7. The number of nitrogens with one attached hydrogen (secondary N) is 1. The number of aromatic nitrogens is 1. The number of aryl methyl sites for hydroxylation is 1. The lowest BCUT2D eigenvalue weighted by Crippen LogP contribution is -2.16. The molecule has 30 heavy (non-hydrogen) atoms. The maximum Gasteiger partial charge on any atom is 0.228 e. The lowest BCUT2D eigenvalue weighted by molar-refractivity contribution is -0.115. The van der Waals surface area contributed by atoms with E-state index in [0.29, 0.717) is 12.1 Å². The Labute approximate surface area is 182 Å². The van der Waals surface area contributed by atoms with E-state index >= 15 is 0 Å². The van der Waals surface area contributed by atoms with Crippen LogP contribution in [0, 0.1) is 18.3 Å². The maximum atomic E-state index is 12.8. The van der Waals surface area contributed by atoms with Gasteiger partial charge >= 0.3 is 0 Å². The first-order chi connectivity index (χ1) is 14.2. The van der Waals surface area contributed by atoms with Crippen molar-refractivity contribution in [2.45, 2.75) is 43.8 Å². The molecule has 4 nitrogen and oxygen atoms in total. The molecular formula is C25H25N3OS. The number of pyridine rings is 1. The van der Waals surface area contributed by atoms with Crippen molar-refractivity contribution in [3.05, 3.63) is 77.6 Å². The highest BCUT2D eigenvalue weighted by Crippen LogP contribution is 2.39. The lowest BCUT2D eigenvalue weighted by atomic mass is 10.0. The molecular weight excluding hydrogens is 390 g/mol. The lowest BCUT2D eigenvalue weighted by Gasteiger charge is -2.21. The third-order valence-corrected chi connectivity index (χ3v) is 5.57. The highest BCUT2D eigenvalue weighted by atomic mass is 32.2. The molecule has 0 radical (unpaired) electrons. The zero-order chi connectivity index (χ0) is 21.7. The minimum Gasteiger partial charge on any atom is -0.325 e. The van der Waals surface area contributed by atoms with Gasteiger partial charge < -0.3 is 5.32 Å². The number of rotatable bonds is 5. The van der Waals surface area contributed by atoms with Crippen LogP contribution in [-0.2, 0) is 11.2 Å². The first-order valence-corrected chi connectivity index (χ1v) is 10.6. The number of carbonyl (C=O) groups excluding carboxylic acids is 1. The monoisotopic (exact) mass is 415 g/mol. The van der Waals surface area contributed by atoms with Crippen molar-refractivity contribution >= 4 is 23.4 Å². The Hall–Kier alpha value is -3.10. The van der Waals surface area contributed by atoms with E-state index in [0.717, 1.165) is 27.3 Å². The summed E-state index contributed by atoms with van der Waals surface area (Å²) in [5, 5.41) is 12.5. The molecule has 0 spiro atoms. The van der Waals surface area contributed by atoms with Gasteiger partial charge in [-0.15, -0.1) is 11.8 Å². The van der Waals surface area contributed by atoms with Crippen molar-refractivity contribution in [2.24, 2.45) is 0 Å². The van der Waals surface area contributed by atoms with E-state index in [2.05, 4.69) is 37.1 Å². The fourth-order valence-electron chi connectivity index (χ4n) is 3.03. The Morgan fingerprint density at radius 3 is 2.53 bits per heavy atom. The molecule has 1 heterocycles. The van der Waals surface area contributed by atoms with Crippen LogP contribution in [0.3, 0.4) is 0 Å². The Bertz CT molecular complexity index is 1090. The quantitative estimate of drug-likeness (QED) is 0.519. The van der Waals surface area contributed by atoms with Crippen LogP contribution in [0.5, 0.6) is 0 Å². The Kier molecular flexibility index (Phi) is 6.59. The molecule has 0 saturated heterocycles. The number of thioether (sulfide) groups is 1. The third-order valence-electron chi connectivity index (χ3n) is 4.38. The van der Waals surface area contributed by atoms with Gasteiger partial charge in [0.15, 0.2) is 0 Å². The highest BCUT2D eigenvalue weighted by Gasteiger charge is 2.18. The number of nitriles is 1. The van der Waals surface area contributed by atoms with E-state index in [4.69, 9.17) is 0 Å². The van der Waals surface area contributed by atoms with Crippen LogP contribution >= 0.6 is 11.8 Å². The van der Waals surface area contributed by atoms with E-state index < -0.39 is 0 Å². The van der Waals surface area contributed by atoms with Crippen LogP contribution in [0.2, 0.25) is 0 Å². The van der Waals surface area contributed by atoms with Gasteiger partial charge in [0.1, 0.15) is 11.8 Å². The van der Waals surface area contributed by atoms with Crippen molar-refractivity contribution in [2.75, 3.05) is 5.32 Å². The number of hydrogen-bond donors (Lipinski definition) is 1. The summed E-state index contributed by atoms with van der Waals surface area (Å²) in [4.78, 5) is 17.9. The van der Waals surface area contributed by atoms with Crippen molar-refractivity contribution in [3.8, 4) is 17.2 Å². The van der Waals surface area contributed by atoms with Gasteiger partial charge in [-0.05, 0) is 42.3 Å². The Morgan fingerprint density at radius 2 is 1.87 bits per heavy atom. The molecule has 1 N–H and O–H groups in total. The topological polar surface area (TPSA) is 65.8 Å². The smallest absolute Gasteiger partial charge is 0.228 e. The van der Waals surface area contributed by atoms with Gasteiger partial charge in [-0.1, -0.05) is 56.7 Å². The van der Waals surface area contributed by atoms with Crippen molar-refractivity contribution in [3.63, 3.8) is 0 Å². The summed E-state index contributed by atoms with van der Waals surface area (Å²) in [5.41, 5.74) is 4.85. The minimum atomic E-state index is -0.0709. The van der Waals surface area contributed by atoms with Crippen molar-refractivity contribution in [1.29, 1.82) is 5.26 Å². The average molecular weight is 416 g/mol. The van der Waals surface area contributed by atoms with E-state index in [1.807, 2.05) is 61.5 Å². The molecule has 0 aliphatic rings. The van der Waals surface area contributed by atoms with Crippen LogP contribution in [0.4, 0.5) is 5.69 Å². The number of amides is 1. The summed E-state index contributed by atoms with van der Waals surface area (Å²) < 4.78 is -0.00985. The number of nitrogens with zero attached hydrogens (tertiary/aromatic N) is 2. The van der Waals surface area contributed by atoms with E-state index in [1.54, 1.807) is 18.0 Å². The van der Waals surface area contributed by atoms with Crippen LogP contribution in [0.1, 0.15) is 37.6 Å². The van der Waals surface area contributed by atoms with Crippen molar-refractivity contribution in [1.82, 2.24) is 4.98 Å². The van der Waals surface area contributed by atoms with Crippen LogP contribution in [0.15, 0.2) is 65.7 Å². The zero-order valence-corrected chi connectivity index (χ0v) is 18.5. The number of carbonyl (C=O) groups is 1. The maximum absolute atomic E-state index is 12.8. The summed E-state index contributed by atoms with van der Waals surface area (Å²) in [6.45, 7) is 8.44. The molecule has 1 amide bonds. The number of hydrogen-bond acceptors (Lipinski definition) is 4. The highest BCUT2D eigenvalue weighted by molar-refractivity contribution is 8.00. The Morgan fingerprint density at radius 1 is 1.13 bits per heavy atom. The zero-order valence-electron chi connectivity index (χ0n) is 17.7. The second kappa shape index (κ2) is 9.15. The second-order valence-corrected chi connectivity index (χ2v) is 10.0. The van der Waals surface area contributed by atoms with Gasteiger partial charge in [-0.2, -0.15) is 5.26 Å². The predicted octanol–water partition coefficient (Wildman–Crippen LogP) is 6.00. The first-order valence-electron chi connectivity index (χ1n) is 9.79. The third kappa shape index (κ3) is 5.71. The van der Waals surface area contributed by atoms with E-state index in [9.17, 15) is 10.1 Å². The first kappa shape index (κ1) is 21.6. The Balaban J connectivity index is 1.93. The summed E-state index contributed by atoms with van der Waals surface area (Å²) >= 11 is 1.70. The summed E-state index contributed by atoms with van der Waals surface area (Å²) in [7, 11) is 0.